The van der Waals surface area contributed by atoms with Crippen LogP contribution in [0.4, 0.5) is 13.2 Å². The zero-order chi connectivity index (χ0) is 18.5. The highest BCUT2D eigenvalue weighted by molar-refractivity contribution is 7.80. The van der Waals surface area contributed by atoms with Crippen molar-refractivity contribution in [1.82, 2.24) is 0 Å². The highest BCUT2D eigenvalue weighted by Crippen LogP contribution is 2.60. The molecule has 1 aliphatic carbocycles. The molecule has 138 valence electrons. The normalized spacial score (nSPS) is 35.0. The van der Waals surface area contributed by atoms with E-state index in [4.69, 9.17) is 4.74 Å². The highest BCUT2D eigenvalue weighted by Gasteiger charge is 2.72. The fraction of sp³-hybridized carbons (Fsp3) is 0.857. The number of hydrogen-bond donors (Lipinski definition) is 0. The molecule has 0 aromatic carbocycles. The molecule has 2 aliphatic rings. The number of ether oxygens (including phenoxy) is 2. The maximum atomic E-state index is 13.4. The van der Waals surface area contributed by atoms with Crippen molar-refractivity contribution in [3.05, 3.63) is 0 Å². The number of carbonyl (C=O) groups is 2. The third kappa shape index (κ3) is 2.63. The lowest BCUT2D eigenvalue weighted by Crippen LogP contribution is -2.47. The molecule has 1 heterocycles. The Hall–Kier alpha value is -1.16. The van der Waals surface area contributed by atoms with Gasteiger partial charge in [-0.3, -0.25) is 9.00 Å². The molecule has 6 nitrogen and oxygen atoms in total. The molecule has 0 aromatic rings. The summed E-state index contributed by atoms with van der Waals surface area (Å²) >= 11 is -3.99. The van der Waals surface area contributed by atoms with Gasteiger partial charge in [0.15, 0.2) is 0 Å². The molecule has 1 saturated heterocycles. The quantitative estimate of drug-likeness (QED) is 0.521. The molecule has 1 aliphatic heterocycles. The molecule has 5 unspecified atom stereocenters. The van der Waals surface area contributed by atoms with Crippen LogP contribution in [-0.2, 0) is 30.1 Å². The lowest BCUT2D eigenvalue weighted by atomic mass is 9.72. The van der Waals surface area contributed by atoms with Crippen LogP contribution in [-0.4, -0.2) is 44.3 Å². The predicted molar refractivity (Wildman–Crippen MR) is 74.2 cm³/mol. The molecule has 5 atom stereocenters. The zero-order valence-electron chi connectivity index (χ0n) is 13.3. The fourth-order valence-corrected chi connectivity index (χ4v) is 4.19. The van der Waals surface area contributed by atoms with Crippen LogP contribution in [0, 0.1) is 17.3 Å². The van der Waals surface area contributed by atoms with E-state index in [1.165, 1.54) is 0 Å². The number of hydrogen-bond acceptors (Lipinski definition) is 6. The third-order valence-corrected chi connectivity index (χ3v) is 5.61. The summed E-state index contributed by atoms with van der Waals surface area (Å²) in [4.78, 5) is 24.4. The third-order valence-electron chi connectivity index (χ3n) is 4.91. The first kappa shape index (κ1) is 19.2. The number of fused-ring (bicyclic) bond motifs is 2. The number of halogens is 3. The molecule has 2 bridgehead atoms. The average molecular weight is 371 g/mol. The summed E-state index contributed by atoms with van der Waals surface area (Å²) in [7, 11) is 0. The van der Waals surface area contributed by atoms with E-state index in [9.17, 15) is 31.5 Å². The maximum absolute atomic E-state index is 13.4. The Labute approximate surface area is 139 Å². The minimum Gasteiger partial charge on any atom is -0.768 e. The summed E-state index contributed by atoms with van der Waals surface area (Å²) in [5.74, 6) is -2.37. The van der Waals surface area contributed by atoms with Crippen LogP contribution in [0.2, 0.25) is 0 Å². The Bertz CT molecular complexity index is 583. The van der Waals surface area contributed by atoms with Crippen molar-refractivity contribution in [3.8, 4) is 0 Å². The summed E-state index contributed by atoms with van der Waals surface area (Å²) in [6, 6.07) is 0. The van der Waals surface area contributed by atoms with Crippen LogP contribution in [0.25, 0.3) is 0 Å². The van der Waals surface area contributed by atoms with Crippen molar-refractivity contribution < 1.29 is 41.0 Å². The van der Waals surface area contributed by atoms with Gasteiger partial charge in [-0.15, -0.1) is 0 Å². The summed E-state index contributed by atoms with van der Waals surface area (Å²) in [5, 5.41) is -4.67. The van der Waals surface area contributed by atoms with Gasteiger partial charge in [-0.25, -0.2) is 9.18 Å². The van der Waals surface area contributed by atoms with Gasteiger partial charge in [0.2, 0.25) is 11.8 Å². The minimum absolute atomic E-state index is 0.145. The second-order valence-electron chi connectivity index (χ2n) is 6.78. The van der Waals surface area contributed by atoms with Crippen molar-refractivity contribution in [2.75, 3.05) is 6.61 Å². The largest absolute Gasteiger partial charge is 0.768 e. The van der Waals surface area contributed by atoms with Crippen molar-refractivity contribution in [3.63, 3.8) is 0 Å². The lowest BCUT2D eigenvalue weighted by molar-refractivity contribution is -0.184. The molecule has 2 rings (SSSR count). The SMILES string of the molecule is CC(C)C1C2(C)CCC1(C(=O)OCC(F)C(F)(F)S(=O)[O-])OC2=O. The molecule has 24 heavy (non-hydrogen) atoms. The van der Waals surface area contributed by atoms with Crippen LogP contribution in [0.1, 0.15) is 33.6 Å². The van der Waals surface area contributed by atoms with Gasteiger partial charge in [0.25, 0.3) is 0 Å². The summed E-state index contributed by atoms with van der Waals surface area (Å²) < 4.78 is 69.8. The molecule has 1 saturated carbocycles. The van der Waals surface area contributed by atoms with Crippen molar-refractivity contribution >= 4 is 23.0 Å². The van der Waals surface area contributed by atoms with Crippen molar-refractivity contribution in [2.45, 2.75) is 50.6 Å². The van der Waals surface area contributed by atoms with Crippen molar-refractivity contribution in [1.29, 1.82) is 0 Å². The maximum Gasteiger partial charge on any atom is 0.351 e. The number of carbonyl (C=O) groups excluding carboxylic acids is 2. The van der Waals surface area contributed by atoms with Gasteiger partial charge in [0.1, 0.15) is 6.61 Å². The highest BCUT2D eigenvalue weighted by atomic mass is 32.2. The monoisotopic (exact) mass is 371 g/mol. The summed E-state index contributed by atoms with van der Waals surface area (Å²) in [6.07, 6.45) is -2.69. The average Bonchev–Trinajstić information content (AvgIpc) is 2.90. The Balaban J connectivity index is 2.15. The molecular formula is C14H18F3O6S-. The topological polar surface area (TPSA) is 92.7 Å². The molecule has 2 fully saturated rings. The Kier molecular flexibility index (Phi) is 4.77. The second kappa shape index (κ2) is 5.98. The van der Waals surface area contributed by atoms with Gasteiger partial charge in [-0.1, -0.05) is 13.8 Å². The van der Waals surface area contributed by atoms with Gasteiger partial charge < -0.3 is 14.0 Å². The smallest absolute Gasteiger partial charge is 0.351 e. The fourth-order valence-electron chi connectivity index (χ4n) is 3.91. The number of alkyl halides is 3. The first-order valence-electron chi connectivity index (χ1n) is 7.41. The first-order chi connectivity index (χ1) is 10.9. The van der Waals surface area contributed by atoms with Gasteiger partial charge in [-0.05, 0) is 25.7 Å². The Morgan fingerprint density at radius 1 is 1.50 bits per heavy atom. The zero-order valence-corrected chi connectivity index (χ0v) is 14.2. The van der Waals surface area contributed by atoms with E-state index in [1.807, 2.05) is 0 Å². The molecule has 10 heteroatoms. The van der Waals surface area contributed by atoms with E-state index < -0.39 is 58.0 Å². The van der Waals surface area contributed by atoms with Crippen LogP contribution in [0.3, 0.4) is 0 Å². The van der Waals surface area contributed by atoms with E-state index >= 15 is 0 Å². The molecule has 0 spiro atoms. The van der Waals surface area contributed by atoms with E-state index in [-0.39, 0.29) is 12.3 Å². The molecule has 0 N–H and O–H groups in total. The lowest BCUT2D eigenvalue weighted by Gasteiger charge is -2.31. The van der Waals surface area contributed by atoms with Gasteiger partial charge in [0, 0.05) is 17.0 Å². The minimum atomic E-state index is -4.67. The number of esters is 2. The second-order valence-corrected chi connectivity index (χ2v) is 7.79. The van der Waals surface area contributed by atoms with E-state index in [2.05, 4.69) is 4.74 Å². The molecular weight excluding hydrogens is 353 g/mol. The summed E-state index contributed by atoms with van der Waals surface area (Å²) in [6.45, 7) is 3.78. The van der Waals surface area contributed by atoms with Crippen LogP contribution >= 0.6 is 0 Å². The standard InChI is InChI=1S/C14H19F3O6S/c1-7(2)9-12(3)4-5-13(9,23-10(12)18)11(19)22-6-8(15)14(16,17)24(20)21/h7-9H,4-6H2,1-3H3,(H,20,21)/p-1. The van der Waals surface area contributed by atoms with Gasteiger partial charge in [-0.2, -0.15) is 8.78 Å². The first-order valence-corrected chi connectivity index (χ1v) is 8.49. The van der Waals surface area contributed by atoms with Crippen molar-refractivity contribution in [2.24, 2.45) is 17.3 Å². The van der Waals surface area contributed by atoms with Crippen LogP contribution in [0.5, 0.6) is 0 Å². The van der Waals surface area contributed by atoms with Gasteiger partial charge >= 0.3 is 17.2 Å². The summed E-state index contributed by atoms with van der Waals surface area (Å²) in [5.41, 5.74) is -2.52. The molecule has 0 aromatic heterocycles. The molecule has 0 amide bonds. The molecule has 0 radical (unpaired) electrons. The van der Waals surface area contributed by atoms with E-state index in [1.54, 1.807) is 20.8 Å². The van der Waals surface area contributed by atoms with Crippen LogP contribution < -0.4 is 0 Å². The predicted octanol–water partition coefficient (Wildman–Crippen LogP) is 1.71. The van der Waals surface area contributed by atoms with E-state index in [0.29, 0.717) is 6.42 Å². The Morgan fingerprint density at radius 2 is 2.08 bits per heavy atom. The Morgan fingerprint density at radius 3 is 2.54 bits per heavy atom. The van der Waals surface area contributed by atoms with E-state index in [0.717, 1.165) is 0 Å². The van der Waals surface area contributed by atoms with Gasteiger partial charge in [0.05, 0.1) is 5.41 Å². The van der Waals surface area contributed by atoms with Crippen LogP contribution in [0.15, 0.2) is 0 Å². The number of rotatable bonds is 6.